The molecule has 0 unspecified atom stereocenters. The van der Waals surface area contributed by atoms with Crippen LogP contribution in [-0.2, 0) is 11.2 Å². The lowest BCUT2D eigenvalue weighted by Crippen LogP contribution is -2.06. The van der Waals surface area contributed by atoms with Crippen LogP contribution in [0.1, 0.15) is 15.9 Å². The lowest BCUT2D eigenvalue weighted by atomic mass is 10.1. The molecule has 0 radical (unpaired) electrons. The van der Waals surface area contributed by atoms with Gasteiger partial charge in [-0.05, 0) is 35.9 Å². The van der Waals surface area contributed by atoms with Gasteiger partial charge in [0.1, 0.15) is 0 Å². The fourth-order valence-corrected chi connectivity index (χ4v) is 1.88. The molecule has 2 aromatic carbocycles. The summed E-state index contributed by atoms with van der Waals surface area (Å²) in [5, 5.41) is 11.8. The topological polar surface area (TPSA) is 88.1 Å². The lowest BCUT2D eigenvalue weighted by molar-refractivity contribution is 0.0602. The van der Waals surface area contributed by atoms with Crippen molar-refractivity contribution < 1.29 is 9.53 Å². The van der Waals surface area contributed by atoms with Gasteiger partial charge in [-0.25, -0.2) is 4.79 Å². The Morgan fingerprint density at radius 3 is 2.52 bits per heavy atom. The molecule has 0 aliphatic rings. The first-order valence-corrected chi connectivity index (χ1v) is 6.35. The maximum absolute atomic E-state index is 11.6. The van der Waals surface area contributed by atoms with E-state index < -0.39 is 5.97 Å². The van der Waals surface area contributed by atoms with E-state index in [1.807, 2.05) is 24.3 Å². The fourth-order valence-electron chi connectivity index (χ4n) is 1.88. The zero-order valence-corrected chi connectivity index (χ0v) is 11.6. The molecule has 0 bridgehead atoms. The summed E-state index contributed by atoms with van der Waals surface area (Å²) < 4.78 is 4.69. The number of nitriles is 1. The van der Waals surface area contributed by atoms with Gasteiger partial charge in [0.15, 0.2) is 0 Å². The number of nitrogens with zero attached hydrogens (tertiary/aromatic N) is 1. The first-order chi connectivity index (χ1) is 10.1. The van der Waals surface area contributed by atoms with Crippen molar-refractivity contribution in [3.63, 3.8) is 0 Å². The fraction of sp³-hybridized carbons (Fsp3) is 0.125. The summed E-state index contributed by atoms with van der Waals surface area (Å²) in [6.07, 6.45) is 0.384. The third-order valence-corrected chi connectivity index (χ3v) is 2.98. The Balaban J connectivity index is 2.20. The minimum absolute atomic E-state index is 0.323. The largest absolute Gasteiger partial charge is 0.465 e. The number of anilines is 3. The molecule has 21 heavy (non-hydrogen) atoms. The highest BCUT2D eigenvalue weighted by Crippen LogP contribution is 2.22. The second-order valence-electron chi connectivity index (χ2n) is 4.45. The van der Waals surface area contributed by atoms with Crippen LogP contribution in [0, 0.1) is 11.3 Å². The van der Waals surface area contributed by atoms with Crippen LogP contribution in [0.15, 0.2) is 42.5 Å². The molecular formula is C16H15N3O2. The van der Waals surface area contributed by atoms with E-state index in [2.05, 4.69) is 16.1 Å². The number of esters is 1. The smallest absolute Gasteiger partial charge is 0.340 e. The summed E-state index contributed by atoms with van der Waals surface area (Å²) in [5.74, 6) is -0.472. The van der Waals surface area contributed by atoms with E-state index in [1.165, 1.54) is 7.11 Å². The van der Waals surface area contributed by atoms with Crippen molar-refractivity contribution in [1.29, 1.82) is 5.26 Å². The van der Waals surface area contributed by atoms with E-state index in [4.69, 9.17) is 11.0 Å². The molecule has 5 nitrogen and oxygen atoms in total. The number of carbonyl (C=O) groups is 1. The molecule has 0 spiro atoms. The van der Waals surface area contributed by atoms with Crippen LogP contribution < -0.4 is 11.1 Å². The van der Waals surface area contributed by atoms with Crippen LogP contribution in [0.5, 0.6) is 0 Å². The van der Waals surface area contributed by atoms with Crippen LogP contribution >= 0.6 is 0 Å². The van der Waals surface area contributed by atoms with E-state index in [0.29, 0.717) is 17.7 Å². The molecule has 5 heteroatoms. The Morgan fingerprint density at radius 1 is 1.24 bits per heavy atom. The molecule has 0 aromatic heterocycles. The van der Waals surface area contributed by atoms with Gasteiger partial charge in [-0.3, -0.25) is 0 Å². The van der Waals surface area contributed by atoms with Crippen molar-refractivity contribution in [2.75, 3.05) is 18.2 Å². The lowest BCUT2D eigenvalue weighted by Gasteiger charge is -2.10. The third-order valence-electron chi connectivity index (χ3n) is 2.98. The SMILES string of the molecule is COC(=O)c1cc(Nc2ccc(CC#N)cc2)ccc1N. The van der Waals surface area contributed by atoms with E-state index >= 15 is 0 Å². The van der Waals surface area contributed by atoms with Crippen LogP contribution in [-0.4, -0.2) is 13.1 Å². The monoisotopic (exact) mass is 281 g/mol. The number of carbonyl (C=O) groups excluding carboxylic acids is 1. The van der Waals surface area contributed by atoms with Crippen molar-refractivity contribution in [2.24, 2.45) is 0 Å². The van der Waals surface area contributed by atoms with E-state index in [0.717, 1.165) is 16.9 Å². The molecule has 0 aliphatic heterocycles. The number of nitrogens with two attached hydrogens (primary N) is 1. The summed E-state index contributed by atoms with van der Waals surface area (Å²) in [7, 11) is 1.32. The predicted octanol–water partition coefficient (Wildman–Crippen LogP) is 2.87. The highest BCUT2D eigenvalue weighted by atomic mass is 16.5. The Kier molecular flexibility index (Phi) is 4.42. The number of hydrogen-bond acceptors (Lipinski definition) is 5. The van der Waals surface area contributed by atoms with Gasteiger partial charge in [0.05, 0.1) is 25.2 Å². The normalized spacial score (nSPS) is 9.71. The Morgan fingerprint density at radius 2 is 1.90 bits per heavy atom. The van der Waals surface area contributed by atoms with E-state index in [1.54, 1.807) is 18.2 Å². The molecule has 2 rings (SSSR count). The van der Waals surface area contributed by atoms with Crippen molar-refractivity contribution in [2.45, 2.75) is 6.42 Å². The minimum atomic E-state index is -0.472. The molecule has 0 aliphatic carbocycles. The Bertz CT molecular complexity index is 688. The zero-order chi connectivity index (χ0) is 15.2. The quantitative estimate of drug-likeness (QED) is 0.664. The van der Waals surface area contributed by atoms with Gasteiger partial charge >= 0.3 is 5.97 Å². The summed E-state index contributed by atoms with van der Waals surface area (Å²) in [6.45, 7) is 0. The standard InChI is InChI=1S/C16H15N3O2/c1-21-16(20)14-10-13(6-7-15(14)18)19-12-4-2-11(3-5-12)8-9-17/h2-7,10,19H,8,18H2,1H3. The van der Waals surface area contributed by atoms with Crippen molar-refractivity contribution in [3.05, 3.63) is 53.6 Å². The van der Waals surface area contributed by atoms with E-state index in [-0.39, 0.29) is 0 Å². The van der Waals surface area contributed by atoms with E-state index in [9.17, 15) is 4.79 Å². The van der Waals surface area contributed by atoms with Crippen LogP contribution in [0.4, 0.5) is 17.1 Å². The van der Waals surface area contributed by atoms with Gasteiger partial charge in [-0.15, -0.1) is 0 Å². The Hall–Kier alpha value is -3.00. The molecule has 3 N–H and O–H groups in total. The second kappa shape index (κ2) is 6.44. The van der Waals surface area contributed by atoms with Crippen molar-refractivity contribution in [1.82, 2.24) is 0 Å². The molecular weight excluding hydrogens is 266 g/mol. The predicted molar refractivity (Wildman–Crippen MR) is 81.2 cm³/mol. The molecule has 0 atom stereocenters. The number of nitrogens with one attached hydrogen (secondary N) is 1. The number of ether oxygens (including phenoxy) is 1. The number of hydrogen-bond donors (Lipinski definition) is 2. The summed E-state index contributed by atoms with van der Waals surface area (Å²) in [6, 6.07) is 14.7. The summed E-state index contributed by atoms with van der Waals surface area (Å²) >= 11 is 0. The molecule has 106 valence electrons. The molecule has 0 fully saturated rings. The average Bonchev–Trinajstić information content (AvgIpc) is 2.50. The van der Waals surface area contributed by atoms with Crippen molar-refractivity contribution >= 4 is 23.0 Å². The van der Waals surface area contributed by atoms with Crippen LogP contribution in [0.25, 0.3) is 0 Å². The third kappa shape index (κ3) is 3.51. The number of rotatable bonds is 4. The zero-order valence-electron chi connectivity index (χ0n) is 11.6. The van der Waals surface area contributed by atoms with Gasteiger partial charge in [0.2, 0.25) is 0 Å². The number of benzene rings is 2. The van der Waals surface area contributed by atoms with Crippen LogP contribution in [0.3, 0.4) is 0 Å². The van der Waals surface area contributed by atoms with Gasteiger partial charge < -0.3 is 15.8 Å². The Labute approximate surface area is 123 Å². The van der Waals surface area contributed by atoms with Crippen LogP contribution in [0.2, 0.25) is 0 Å². The minimum Gasteiger partial charge on any atom is -0.465 e. The molecule has 0 saturated heterocycles. The highest BCUT2D eigenvalue weighted by Gasteiger charge is 2.10. The molecule has 0 saturated carbocycles. The maximum atomic E-state index is 11.6. The molecule has 0 amide bonds. The van der Waals surface area contributed by atoms with Gasteiger partial charge in [-0.2, -0.15) is 5.26 Å². The van der Waals surface area contributed by atoms with Crippen molar-refractivity contribution in [3.8, 4) is 6.07 Å². The maximum Gasteiger partial charge on any atom is 0.340 e. The van der Waals surface area contributed by atoms with Gasteiger partial charge in [0, 0.05) is 17.1 Å². The van der Waals surface area contributed by atoms with Gasteiger partial charge in [0.25, 0.3) is 0 Å². The first kappa shape index (κ1) is 14.4. The average molecular weight is 281 g/mol. The molecule has 2 aromatic rings. The number of methoxy groups -OCH3 is 1. The second-order valence-corrected chi connectivity index (χ2v) is 4.45. The van der Waals surface area contributed by atoms with Gasteiger partial charge in [-0.1, -0.05) is 12.1 Å². The highest BCUT2D eigenvalue weighted by molar-refractivity contribution is 5.96. The number of nitrogen functional groups attached to an aromatic ring is 1. The molecule has 0 heterocycles. The first-order valence-electron chi connectivity index (χ1n) is 6.35. The summed E-state index contributed by atoms with van der Waals surface area (Å²) in [4.78, 5) is 11.6. The summed E-state index contributed by atoms with van der Waals surface area (Å²) in [5.41, 5.74) is 8.99.